The smallest absolute Gasteiger partial charge is 0.329 e. The van der Waals surface area contributed by atoms with Gasteiger partial charge in [0, 0.05) is 13.6 Å². The van der Waals surface area contributed by atoms with Crippen LogP contribution in [-0.2, 0) is 4.79 Å². The Morgan fingerprint density at radius 1 is 1.28 bits per heavy atom. The van der Waals surface area contributed by atoms with Gasteiger partial charge in [-0.1, -0.05) is 6.42 Å². The number of rotatable bonds is 8. The Morgan fingerprint density at radius 2 is 1.89 bits per heavy atom. The van der Waals surface area contributed by atoms with Crippen molar-refractivity contribution in [3.8, 4) is 0 Å². The molecule has 0 fully saturated rings. The van der Waals surface area contributed by atoms with Crippen LogP contribution in [0.15, 0.2) is 0 Å². The number of nitrogens with one attached hydrogen (secondary N) is 1. The van der Waals surface area contributed by atoms with Gasteiger partial charge in [-0.3, -0.25) is 0 Å². The number of unbranched alkanes of at least 4 members (excludes halogenated alkanes) is 2. The van der Waals surface area contributed by atoms with Gasteiger partial charge in [-0.05, 0) is 38.7 Å². The summed E-state index contributed by atoms with van der Waals surface area (Å²) < 4.78 is 0. The van der Waals surface area contributed by atoms with Crippen LogP contribution in [-0.4, -0.2) is 53.1 Å². The lowest BCUT2D eigenvalue weighted by atomic mass is 10.1. The number of amides is 2. The lowest BCUT2D eigenvalue weighted by Crippen LogP contribution is -2.54. The van der Waals surface area contributed by atoms with Crippen molar-refractivity contribution in [3.63, 3.8) is 0 Å². The van der Waals surface area contributed by atoms with Crippen LogP contribution < -0.4 is 5.32 Å². The van der Waals surface area contributed by atoms with Gasteiger partial charge >= 0.3 is 12.0 Å². The number of thioether (sulfide) groups is 1. The molecule has 0 saturated heterocycles. The molecule has 0 aromatic rings. The predicted molar refractivity (Wildman–Crippen MR) is 75.1 cm³/mol. The molecular formula is C12H24N2O3S. The van der Waals surface area contributed by atoms with E-state index in [1.165, 1.54) is 25.8 Å². The summed E-state index contributed by atoms with van der Waals surface area (Å²) >= 11 is 1.82. The van der Waals surface area contributed by atoms with E-state index in [2.05, 4.69) is 11.6 Å². The average molecular weight is 276 g/mol. The molecule has 2 amide bonds. The number of nitrogens with zero attached hydrogens (tertiary/aromatic N) is 1. The van der Waals surface area contributed by atoms with E-state index in [-0.39, 0.29) is 6.03 Å². The van der Waals surface area contributed by atoms with Gasteiger partial charge < -0.3 is 15.3 Å². The number of carboxylic acids is 1. The maximum absolute atomic E-state index is 11.7. The van der Waals surface area contributed by atoms with E-state index in [1.54, 1.807) is 0 Å². The second kappa shape index (κ2) is 8.24. The Bertz CT molecular complexity index is 282. The van der Waals surface area contributed by atoms with Crippen molar-refractivity contribution in [2.75, 3.05) is 25.6 Å². The molecule has 0 spiro atoms. The summed E-state index contributed by atoms with van der Waals surface area (Å²) in [7, 11) is 1.50. The molecule has 0 atom stereocenters. The number of likely N-dealkylation sites (N-methyl/N-ethyl adjacent to an activating group) is 1. The molecule has 18 heavy (non-hydrogen) atoms. The van der Waals surface area contributed by atoms with Gasteiger partial charge in [0.15, 0.2) is 0 Å². The largest absolute Gasteiger partial charge is 0.480 e. The molecule has 0 saturated carbocycles. The van der Waals surface area contributed by atoms with Crippen molar-refractivity contribution in [3.05, 3.63) is 0 Å². The summed E-state index contributed by atoms with van der Waals surface area (Å²) in [6.07, 6.45) is 5.22. The number of carbonyl (C=O) groups is 2. The molecule has 106 valence electrons. The van der Waals surface area contributed by atoms with Gasteiger partial charge in [0.1, 0.15) is 5.54 Å². The van der Waals surface area contributed by atoms with Crippen molar-refractivity contribution in [2.45, 2.75) is 38.6 Å². The highest BCUT2D eigenvalue weighted by atomic mass is 32.2. The fourth-order valence-electron chi connectivity index (χ4n) is 1.26. The Balaban J connectivity index is 3.92. The van der Waals surface area contributed by atoms with E-state index < -0.39 is 11.5 Å². The van der Waals surface area contributed by atoms with Crippen LogP contribution in [0.25, 0.3) is 0 Å². The molecule has 6 heteroatoms. The van der Waals surface area contributed by atoms with E-state index >= 15 is 0 Å². The van der Waals surface area contributed by atoms with Crippen molar-refractivity contribution in [1.29, 1.82) is 0 Å². The van der Waals surface area contributed by atoms with Gasteiger partial charge in [-0.25, -0.2) is 9.59 Å². The number of urea groups is 1. The minimum Gasteiger partial charge on any atom is -0.480 e. The predicted octanol–water partition coefficient (Wildman–Crippen LogP) is 2.02. The zero-order chi connectivity index (χ0) is 14.2. The normalized spacial score (nSPS) is 11.1. The van der Waals surface area contributed by atoms with Gasteiger partial charge in [0.2, 0.25) is 0 Å². The molecule has 0 aromatic carbocycles. The maximum Gasteiger partial charge on any atom is 0.329 e. The standard InChI is InChI=1S/C12H24N2O3S/c1-12(2,10(15)16)14(3)11(17)13-8-6-5-7-9-18-4/h5-9H2,1-4H3,(H,13,17)(H,15,16). The van der Waals surface area contributed by atoms with Crippen LogP contribution in [0.1, 0.15) is 33.1 Å². The highest BCUT2D eigenvalue weighted by Crippen LogP contribution is 2.12. The average Bonchev–Trinajstić information content (AvgIpc) is 2.32. The van der Waals surface area contributed by atoms with Crippen LogP contribution in [0.2, 0.25) is 0 Å². The second-order valence-electron chi connectivity index (χ2n) is 4.71. The molecule has 0 bridgehead atoms. The third kappa shape index (κ3) is 5.62. The monoisotopic (exact) mass is 276 g/mol. The number of hydrogen-bond donors (Lipinski definition) is 2. The quantitative estimate of drug-likeness (QED) is 0.665. The Kier molecular flexibility index (Phi) is 7.82. The van der Waals surface area contributed by atoms with E-state index in [0.717, 1.165) is 25.0 Å². The van der Waals surface area contributed by atoms with Crippen LogP contribution in [0, 0.1) is 0 Å². The third-order valence-corrected chi connectivity index (χ3v) is 3.66. The second-order valence-corrected chi connectivity index (χ2v) is 5.69. The molecule has 0 radical (unpaired) electrons. The highest BCUT2D eigenvalue weighted by Gasteiger charge is 2.34. The first-order valence-electron chi connectivity index (χ1n) is 6.08. The molecule has 0 aliphatic rings. The van der Waals surface area contributed by atoms with Gasteiger partial charge in [0.25, 0.3) is 0 Å². The highest BCUT2D eigenvalue weighted by molar-refractivity contribution is 7.98. The molecule has 0 heterocycles. The van der Waals surface area contributed by atoms with Crippen molar-refractivity contribution >= 4 is 23.8 Å². The summed E-state index contributed by atoms with van der Waals surface area (Å²) in [5.74, 6) is 0.125. The minimum absolute atomic E-state index is 0.340. The summed E-state index contributed by atoms with van der Waals surface area (Å²) in [4.78, 5) is 23.9. The Morgan fingerprint density at radius 3 is 2.39 bits per heavy atom. The lowest BCUT2D eigenvalue weighted by molar-refractivity contribution is -0.146. The van der Waals surface area contributed by atoms with E-state index in [4.69, 9.17) is 5.11 Å². The lowest BCUT2D eigenvalue weighted by Gasteiger charge is -2.31. The molecule has 0 rings (SSSR count). The molecule has 0 aliphatic heterocycles. The number of carboxylic acid groups (broad SMARTS) is 1. The molecule has 0 aliphatic carbocycles. The van der Waals surface area contributed by atoms with Crippen molar-refractivity contribution in [2.24, 2.45) is 0 Å². The van der Waals surface area contributed by atoms with Crippen LogP contribution in [0.3, 0.4) is 0 Å². The molecule has 0 unspecified atom stereocenters. The van der Waals surface area contributed by atoms with E-state index in [0.29, 0.717) is 6.54 Å². The van der Waals surface area contributed by atoms with Gasteiger partial charge in [0.05, 0.1) is 0 Å². The third-order valence-electron chi connectivity index (χ3n) is 2.97. The fourth-order valence-corrected chi connectivity index (χ4v) is 1.75. The summed E-state index contributed by atoms with van der Waals surface area (Å²) in [5.41, 5.74) is -1.19. The van der Waals surface area contributed by atoms with Gasteiger partial charge in [-0.2, -0.15) is 11.8 Å². The number of aliphatic carboxylic acids is 1. The van der Waals surface area contributed by atoms with Crippen LogP contribution >= 0.6 is 11.8 Å². The van der Waals surface area contributed by atoms with Crippen LogP contribution in [0.4, 0.5) is 4.79 Å². The Hall–Kier alpha value is -0.910. The molecule has 5 nitrogen and oxygen atoms in total. The zero-order valence-corrected chi connectivity index (χ0v) is 12.5. The fraction of sp³-hybridized carbons (Fsp3) is 0.833. The van der Waals surface area contributed by atoms with Gasteiger partial charge in [-0.15, -0.1) is 0 Å². The first-order chi connectivity index (χ1) is 8.34. The maximum atomic E-state index is 11.7. The first kappa shape index (κ1) is 17.1. The minimum atomic E-state index is -1.19. The zero-order valence-electron chi connectivity index (χ0n) is 11.7. The SMILES string of the molecule is CSCCCCCNC(=O)N(C)C(C)(C)C(=O)O. The van der Waals surface area contributed by atoms with Crippen molar-refractivity contribution < 1.29 is 14.7 Å². The van der Waals surface area contributed by atoms with E-state index in [1.807, 2.05) is 11.8 Å². The summed E-state index contributed by atoms with van der Waals surface area (Å²) in [6.45, 7) is 3.61. The van der Waals surface area contributed by atoms with Crippen molar-refractivity contribution in [1.82, 2.24) is 10.2 Å². The summed E-state index contributed by atoms with van der Waals surface area (Å²) in [6, 6.07) is -0.340. The summed E-state index contributed by atoms with van der Waals surface area (Å²) in [5, 5.41) is 11.7. The molecular weight excluding hydrogens is 252 g/mol. The number of hydrogen-bond acceptors (Lipinski definition) is 3. The molecule has 2 N–H and O–H groups in total. The number of carbonyl (C=O) groups excluding carboxylic acids is 1. The Labute approximate surface area is 113 Å². The van der Waals surface area contributed by atoms with E-state index in [9.17, 15) is 9.59 Å². The first-order valence-corrected chi connectivity index (χ1v) is 7.47. The molecule has 0 aromatic heterocycles. The van der Waals surface area contributed by atoms with Crippen LogP contribution in [0.5, 0.6) is 0 Å². The topological polar surface area (TPSA) is 69.6 Å².